The van der Waals surface area contributed by atoms with E-state index in [1.54, 1.807) is 0 Å². The Kier molecular flexibility index (Phi) is 7.92. The number of hydrogen-bond acceptors (Lipinski definition) is 3. The predicted octanol–water partition coefficient (Wildman–Crippen LogP) is 5.47. The van der Waals surface area contributed by atoms with E-state index >= 15 is 0 Å². The van der Waals surface area contributed by atoms with Gasteiger partial charge in [-0.05, 0) is 37.5 Å². The second kappa shape index (κ2) is 10.9. The molecule has 1 aliphatic carbocycles. The van der Waals surface area contributed by atoms with E-state index in [9.17, 15) is 4.79 Å². The molecule has 1 fully saturated rings. The van der Waals surface area contributed by atoms with E-state index in [0.717, 1.165) is 24.1 Å². The molecule has 3 rings (SSSR count). The van der Waals surface area contributed by atoms with Crippen molar-refractivity contribution < 1.29 is 9.53 Å². The molecule has 2 N–H and O–H groups in total. The standard InChI is InChI=1S/C24H32N2O2/c1-2-28-22-18-12-11-17-21(22)26-24(27)23(19-13-7-6-8-14-19)25-20-15-9-4-3-5-10-16-20/h6-8,11-14,17-18,20,23,25H,2-5,9-10,15-16H2,1H3,(H,26,27)/t23-/m0/s1. The molecule has 0 spiro atoms. The van der Waals surface area contributed by atoms with Gasteiger partial charge < -0.3 is 10.1 Å². The molecule has 1 amide bonds. The van der Waals surface area contributed by atoms with E-state index in [1.807, 2.05) is 61.5 Å². The Labute approximate surface area is 168 Å². The van der Waals surface area contributed by atoms with Crippen molar-refractivity contribution >= 4 is 11.6 Å². The van der Waals surface area contributed by atoms with Gasteiger partial charge in [0.05, 0.1) is 12.3 Å². The summed E-state index contributed by atoms with van der Waals surface area (Å²) in [6.45, 7) is 2.51. The van der Waals surface area contributed by atoms with Gasteiger partial charge in [0.25, 0.3) is 0 Å². The zero-order valence-electron chi connectivity index (χ0n) is 16.8. The molecule has 150 valence electrons. The Hall–Kier alpha value is -2.33. The number of nitrogens with one attached hydrogen (secondary N) is 2. The zero-order chi connectivity index (χ0) is 19.6. The lowest BCUT2D eigenvalue weighted by atomic mass is 9.95. The Morgan fingerprint density at radius 2 is 1.61 bits per heavy atom. The van der Waals surface area contributed by atoms with Crippen LogP contribution in [0.4, 0.5) is 5.69 Å². The average molecular weight is 381 g/mol. The molecule has 1 aliphatic rings. The summed E-state index contributed by atoms with van der Waals surface area (Å²) >= 11 is 0. The smallest absolute Gasteiger partial charge is 0.246 e. The van der Waals surface area contributed by atoms with Crippen LogP contribution in [0.3, 0.4) is 0 Å². The Morgan fingerprint density at radius 3 is 2.32 bits per heavy atom. The van der Waals surface area contributed by atoms with Gasteiger partial charge in [0.15, 0.2) is 0 Å². The third-order valence-electron chi connectivity index (χ3n) is 5.35. The summed E-state index contributed by atoms with van der Waals surface area (Å²) in [6, 6.07) is 17.6. The van der Waals surface area contributed by atoms with Crippen molar-refractivity contribution in [2.45, 2.75) is 64.0 Å². The fourth-order valence-electron chi connectivity index (χ4n) is 3.88. The van der Waals surface area contributed by atoms with Crippen molar-refractivity contribution in [3.05, 3.63) is 60.2 Å². The Bertz CT molecular complexity index is 724. The summed E-state index contributed by atoms with van der Waals surface area (Å²) in [5, 5.41) is 6.74. The molecule has 1 saturated carbocycles. The first-order chi connectivity index (χ1) is 13.8. The molecule has 4 nitrogen and oxygen atoms in total. The summed E-state index contributed by atoms with van der Waals surface area (Å²) in [7, 11) is 0. The maximum absolute atomic E-state index is 13.3. The number of benzene rings is 2. The van der Waals surface area contributed by atoms with Crippen molar-refractivity contribution in [1.29, 1.82) is 0 Å². The van der Waals surface area contributed by atoms with E-state index in [1.165, 1.54) is 32.1 Å². The third kappa shape index (κ3) is 5.83. The highest BCUT2D eigenvalue weighted by Crippen LogP contribution is 2.26. The SMILES string of the molecule is CCOc1ccccc1NC(=O)[C@@H](NC1CCCCCCC1)c1ccccc1. The molecular weight excluding hydrogens is 348 g/mol. The first kappa shape index (κ1) is 20.4. The molecule has 2 aromatic rings. The highest BCUT2D eigenvalue weighted by atomic mass is 16.5. The van der Waals surface area contributed by atoms with Gasteiger partial charge in [0.2, 0.25) is 5.91 Å². The first-order valence-electron chi connectivity index (χ1n) is 10.6. The van der Waals surface area contributed by atoms with Gasteiger partial charge in [0.1, 0.15) is 11.8 Å². The minimum absolute atomic E-state index is 0.0413. The molecule has 4 heteroatoms. The Balaban J connectivity index is 1.77. The average Bonchev–Trinajstić information content (AvgIpc) is 2.69. The van der Waals surface area contributed by atoms with E-state index in [4.69, 9.17) is 4.74 Å². The highest BCUT2D eigenvalue weighted by molar-refractivity contribution is 5.96. The minimum atomic E-state index is -0.375. The van der Waals surface area contributed by atoms with Crippen LogP contribution in [0.1, 0.15) is 63.5 Å². The van der Waals surface area contributed by atoms with Crippen LogP contribution < -0.4 is 15.4 Å². The lowest BCUT2D eigenvalue weighted by molar-refractivity contribution is -0.118. The number of rotatable bonds is 7. The lowest BCUT2D eigenvalue weighted by Gasteiger charge is -2.27. The summed E-state index contributed by atoms with van der Waals surface area (Å²) in [4.78, 5) is 13.3. The van der Waals surface area contributed by atoms with Gasteiger partial charge in [-0.2, -0.15) is 0 Å². The molecule has 2 aromatic carbocycles. The number of ether oxygens (including phenoxy) is 1. The van der Waals surface area contributed by atoms with Gasteiger partial charge >= 0.3 is 0 Å². The van der Waals surface area contributed by atoms with Crippen LogP contribution in [-0.2, 0) is 4.79 Å². The van der Waals surface area contributed by atoms with Crippen LogP contribution in [-0.4, -0.2) is 18.6 Å². The van der Waals surface area contributed by atoms with Gasteiger partial charge in [-0.1, -0.05) is 74.6 Å². The molecule has 28 heavy (non-hydrogen) atoms. The van der Waals surface area contributed by atoms with E-state index in [0.29, 0.717) is 18.4 Å². The van der Waals surface area contributed by atoms with Gasteiger partial charge in [-0.3, -0.25) is 10.1 Å². The van der Waals surface area contributed by atoms with Crippen LogP contribution in [0, 0.1) is 0 Å². The molecular formula is C24H32N2O2. The van der Waals surface area contributed by atoms with Crippen LogP contribution in [0.15, 0.2) is 54.6 Å². The summed E-state index contributed by atoms with van der Waals surface area (Å²) in [6.07, 6.45) is 8.65. The molecule has 0 saturated heterocycles. The van der Waals surface area contributed by atoms with Crippen molar-refractivity contribution in [2.75, 3.05) is 11.9 Å². The van der Waals surface area contributed by atoms with E-state index < -0.39 is 0 Å². The maximum atomic E-state index is 13.3. The van der Waals surface area contributed by atoms with Gasteiger partial charge in [-0.15, -0.1) is 0 Å². The second-order valence-electron chi connectivity index (χ2n) is 7.47. The monoisotopic (exact) mass is 380 g/mol. The quantitative estimate of drug-likeness (QED) is 0.670. The van der Waals surface area contributed by atoms with Crippen LogP contribution in [0.5, 0.6) is 5.75 Å². The van der Waals surface area contributed by atoms with Crippen LogP contribution in [0.25, 0.3) is 0 Å². The second-order valence-corrected chi connectivity index (χ2v) is 7.47. The topological polar surface area (TPSA) is 50.4 Å². The van der Waals surface area contributed by atoms with Gasteiger partial charge in [-0.25, -0.2) is 0 Å². The van der Waals surface area contributed by atoms with E-state index in [-0.39, 0.29) is 11.9 Å². The normalized spacial score (nSPS) is 16.6. The number of anilines is 1. The van der Waals surface area contributed by atoms with Crippen LogP contribution >= 0.6 is 0 Å². The van der Waals surface area contributed by atoms with Crippen LogP contribution in [0.2, 0.25) is 0 Å². The third-order valence-corrected chi connectivity index (χ3v) is 5.35. The summed E-state index contributed by atoms with van der Waals surface area (Å²) in [5.41, 5.74) is 1.71. The fourth-order valence-corrected chi connectivity index (χ4v) is 3.88. The molecule has 0 aromatic heterocycles. The molecule has 0 heterocycles. The predicted molar refractivity (Wildman–Crippen MR) is 115 cm³/mol. The highest BCUT2D eigenvalue weighted by Gasteiger charge is 2.25. The molecule has 1 atom stereocenters. The lowest BCUT2D eigenvalue weighted by Crippen LogP contribution is -2.40. The minimum Gasteiger partial charge on any atom is -0.492 e. The largest absolute Gasteiger partial charge is 0.492 e. The van der Waals surface area contributed by atoms with Crippen molar-refractivity contribution in [1.82, 2.24) is 5.32 Å². The Morgan fingerprint density at radius 1 is 0.964 bits per heavy atom. The van der Waals surface area contributed by atoms with Gasteiger partial charge in [0, 0.05) is 6.04 Å². The summed E-state index contributed by atoms with van der Waals surface area (Å²) < 4.78 is 5.67. The van der Waals surface area contributed by atoms with Crippen molar-refractivity contribution in [2.24, 2.45) is 0 Å². The molecule has 0 radical (unpaired) electrons. The number of amides is 1. The fraction of sp³-hybridized carbons (Fsp3) is 0.458. The number of carbonyl (C=O) groups excluding carboxylic acids is 1. The van der Waals surface area contributed by atoms with Crippen molar-refractivity contribution in [3.63, 3.8) is 0 Å². The molecule has 0 bridgehead atoms. The number of para-hydroxylation sites is 2. The van der Waals surface area contributed by atoms with Crippen molar-refractivity contribution in [3.8, 4) is 5.75 Å². The zero-order valence-corrected chi connectivity index (χ0v) is 16.8. The molecule has 0 aliphatic heterocycles. The maximum Gasteiger partial charge on any atom is 0.246 e. The number of hydrogen-bond donors (Lipinski definition) is 2. The first-order valence-corrected chi connectivity index (χ1v) is 10.6. The summed E-state index contributed by atoms with van der Waals surface area (Å²) in [5.74, 6) is 0.663. The van der Waals surface area contributed by atoms with E-state index in [2.05, 4.69) is 10.6 Å². The molecule has 0 unspecified atom stereocenters. The number of carbonyl (C=O) groups is 1.